The maximum Gasteiger partial charge on any atom is 0.471 e. The average Bonchev–Trinajstić information content (AvgIpc) is 2.72. The van der Waals surface area contributed by atoms with Gasteiger partial charge >= 0.3 is 18.1 Å². The average molecular weight is 251 g/mol. The van der Waals surface area contributed by atoms with E-state index in [2.05, 4.69) is 0 Å². The lowest BCUT2D eigenvalue weighted by atomic mass is 9.94. The number of aliphatic carboxylic acids is 1. The normalized spacial score (nSPS) is 31.9. The highest BCUT2D eigenvalue weighted by Crippen LogP contribution is 2.44. The molecule has 2 fully saturated rings. The summed E-state index contributed by atoms with van der Waals surface area (Å²) in [7, 11) is 0. The third-order valence-corrected chi connectivity index (χ3v) is 3.55. The molecule has 2 aliphatic rings. The van der Waals surface area contributed by atoms with Crippen LogP contribution in [0.15, 0.2) is 0 Å². The largest absolute Gasteiger partial charge is 0.481 e. The molecule has 1 N–H and O–H groups in total. The molecule has 0 aromatic carbocycles. The maximum atomic E-state index is 12.3. The van der Waals surface area contributed by atoms with Crippen LogP contribution in [0.3, 0.4) is 0 Å². The van der Waals surface area contributed by atoms with E-state index in [4.69, 9.17) is 5.11 Å². The molecule has 4 nitrogen and oxygen atoms in total. The van der Waals surface area contributed by atoms with Crippen LogP contribution in [0.25, 0.3) is 0 Å². The Morgan fingerprint density at radius 1 is 1.29 bits per heavy atom. The molecule has 17 heavy (non-hydrogen) atoms. The second-order valence-corrected chi connectivity index (χ2v) is 4.72. The molecule has 96 valence electrons. The Labute approximate surface area is 95.4 Å². The summed E-state index contributed by atoms with van der Waals surface area (Å²) in [5, 5.41) is 8.66. The Hall–Kier alpha value is -1.27. The summed E-state index contributed by atoms with van der Waals surface area (Å²) in [6.45, 7) is 0.110. The van der Waals surface area contributed by atoms with Gasteiger partial charge in [-0.2, -0.15) is 13.2 Å². The second kappa shape index (κ2) is 3.89. The van der Waals surface area contributed by atoms with E-state index in [9.17, 15) is 22.8 Å². The molecule has 7 heteroatoms. The molecule has 1 aliphatic carbocycles. The van der Waals surface area contributed by atoms with E-state index in [-0.39, 0.29) is 24.8 Å². The van der Waals surface area contributed by atoms with Gasteiger partial charge in [0.25, 0.3) is 0 Å². The first-order valence-corrected chi connectivity index (χ1v) is 5.38. The third kappa shape index (κ3) is 2.23. The summed E-state index contributed by atoms with van der Waals surface area (Å²) in [4.78, 5) is 22.5. The van der Waals surface area contributed by atoms with Gasteiger partial charge in [0.1, 0.15) is 0 Å². The Bertz CT molecular complexity index is 355. The number of hydrogen-bond donors (Lipinski definition) is 1. The van der Waals surface area contributed by atoms with Gasteiger partial charge in [0, 0.05) is 12.6 Å². The van der Waals surface area contributed by atoms with Crippen molar-refractivity contribution in [2.45, 2.75) is 31.5 Å². The number of nitrogens with zero attached hydrogens (tertiary/aromatic N) is 1. The zero-order chi connectivity index (χ0) is 12.8. The number of carbonyl (C=O) groups excluding carboxylic acids is 1. The Kier molecular flexibility index (Phi) is 2.79. The number of carboxylic acid groups (broad SMARTS) is 1. The summed E-state index contributed by atoms with van der Waals surface area (Å²) in [6.07, 6.45) is -3.92. The number of likely N-dealkylation sites (tertiary alicyclic amines) is 1. The number of amides is 1. The van der Waals surface area contributed by atoms with E-state index < -0.39 is 24.1 Å². The van der Waals surface area contributed by atoms with Crippen LogP contribution in [0.5, 0.6) is 0 Å². The molecule has 1 saturated carbocycles. The molecule has 1 heterocycles. The van der Waals surface area contributed by atoms with Crippen molar-refractivity contribution < 1.29 is 27.9 Å². The van der Waals surface area contributed by atoms with Crippen LogP contribution in [0.2, 0.25) is 0 Å². The van der Waals surface area contributed by atoms with E-state index in [0.29, 0.717) is 12.8 Å². The molecule has 0 spiro atoms. The Morgan fingerprint density at radius 2 is 1.94 bits per heavy atom. The van der Waals surface area contributed by atoms with Gasteiger partial charge in [-0.25, -0.2) is 0 Å². The van der Waals surface area contributed by atoms with Crippen molar-refractivity contribution >= 4 is 11.9 Å². The van der Waals surface area contributed by atoms with Crippen molar-refractivity contribution in [2.75, 3.05) is 6.54 Å². The lowest BCUT2D eigenvalue weighted by Crippen LogP contribution is -2.48. The molecule has 0 aromatic rings. The van der Waals surface area contributed by atoms with E-state index in [1.807, 2.05) is 0 Å². The summed E-state index contributed by atoms with van der Waals surface area (Å²) in [5.74, 6) is -3.17. The molecular formula is C10H12F3NO3. The lowest BCUT2D eigenvalue weighted by Gasteiger charge is -2.32. The van der Waals surface area contributed by atoms with Gasteiger partial charge in [0.05, 0.1) is 6.42 Å². The summed E-state index contributed by atoms with van der Waals surface area (Å²) in [6, 6.07) is -0.551. The smallest absolute Gasteiger partial charge is 0.471 e. The number of fused-ring (bicyclic) bond motifs is 2. The molecule has 3 atom stereocenters. The number of rotatable bonds is 2. The van der Waals surface area contributed by atoms with Crippen LogP contribution < -0.4 is 0 Å². The van der Waals surface area contributed by atoms with E-state index >= 15 is 0 Å². The van der Waals surface area contributed by atoms with Crippen LogP contribution in [0, 0.1) is 11.8 Å². The minimum absolute atomic E-state index is 0.0237. The van der Waals surface area contributed by atoms with E-state index in [1.165, 1.54) is 0 Å². The van der Waals surface area contributed by atoms with Crippen LogP contribution in [-0.4, -0.2) is 40.6 Å². The first-order chi connectivity index (χ1) is 7.79. The topological polar surface area (TPSA) is 57.6 Å². The quantitative estimate of drug-likeness (QED) is 0.803. The van der Waals surface area contributed by atoms with E-state index in [1.54, 1.807) is 0 Å². The van der Waals surface area contributed by atoms with Gasteiger partial charge in [0.2, 0.25) is 0 Å². The second-order valence-electron chi connectivity index (χ2n) is 4.72. The predicted octanol–water partition coefficient (Wildman–Crippen LogP) is 1.26. The standard InChI is InChI=1S/C10H12F3NO3/c11-10(12,13)9(17)14-4-5-1-6(3-8(15)16)7(14)2-5/h5-7H,1-4H2,(H,15,16). The fraction of sp³-hybridized carbons (Fsp3) is 0.800. The van der Waals surface area contributed by atoms with Crippen molar-refractivity contribution in [3.05, 3.63) is 0 Å². The fourth-order valence-electron chi connectivity index (χ4n) is 3.00. The van der Waals surface area contributed by atoms with Crippen LogP contribution >= 0.6 is 0 Å². The van der Waals surface area contributed by atoms with Crippen molar-refractivity contribution in [1.29, 1.82) is 0 Å². The van der Waals surface area contributed by atoms with Crippen LogP contribution in [0.1, 0.15) is 19.3 Å². The van der Waals surface area contributed by atoms with Crippen molar-refractivity contribution in [3.8, 4) is 0 Å². The number of hydrogen-bond acceptors (Lipinski definition) is 2. The minimum Gasteiger partial charge on any atom is -0.481 e. The summed E-state index contributed by atoms with van der Waals surface area (Å²) >= 11 is 0. The molecule has 1 amide bonds. The SMILES string of the molecule is O=C(O)CC1CC2CC1N(C(=O)C(F)(F)F)C2. The van der Waals surface area contributed by atoms with Crippen molar-refractivity contribution in [2.24, 2.45) is 11.8 Å². The van der Waals surface area contributed by atoms with Crippen molar-refractivity contribution in [3.63, 3.8) is 0 Å². The fourth-order valence-corrected chi connectivity index (χ4v) is 3.00. The number of carboxylic acids is 1. The minimum atomic E-state index is -4.86. The molecule has 0 aromatic heterocycles. The molecule has 1 aliphatic heterocycles. The molecule has 2 bridgehead atoms. The van der Waals surface area contributed by atoms with Gasteiger partial charge in [-0.15, -0.1) is 0 Å². The van der Waals surface area contributed by atoms with Gasteiger partial charge in [-0.1, -0.05) is 0 Å². The highest BCUT2D eigenvalue weighted by molar-refractivity contribution is 5.82. The van der Waals surface area contributed by atoms with Gasteiger partial charge < -0.3 is 10.0 Å². The molecular weight excluding hydrogens is 239 g/mol. The third-order valence-electron chi connectivity index (χ3n) is 3.55. The number of piperidine rings is 1. The number of carbonyl (C=O) groups is 2. The monoisotopic (exact) mass is 251 g/mol. The Balaban J connectivity index is 2.08. The van der Waals surface area contributed by atoms with Gasteiger partial charge in [0.15, 0.2) is 0 Å². The van der Waals surface area contributed by atoms with Crippen LogP contribution in [0.4, 0.5) is 13.2 Å². The van der Waals surface area contributed by atoms with E-state index in [0.717, 1.165) is 4.90 Å². The van der Waals surface area contributed by atoms with Crippen LogP contribution in [-0.2, 0) is 9.59 Å². The maximum absolute atomic E-state index is 12.3. The highest BCUT2D eigenvalue weighted by Gasteiger charge is 2.53. The molecule has 1 saturated heterocycles. The van der Waals surface area contributed by atoms with Gasteiger partial charge in [-0.05, 0) is 24.7 Å². The van der Waals surface area contributed by atoms with Gasteiger partial charge in [-0.3, -0.25) is 9.59 Å². The number of halogens is 3. The lowest BCUT2D eigenvalue weighted by molar-refractivity contribution is -0.188. The molecule has 3 unspecified atom stereocenters. The zero-order valence-corrected chi connectivity index (χ0v) is 8.91. The summed E-state index contributed by atoms with van der Waals surface area (Å²) in [5.41, 5.74) is 0. The predicted molar refractivity (Wildman–Crippen MR) is 50.0 cm³/mol. The summed E-state index contributed by atoms with van der Waals surface area (Å²) < 4.78 is 36.9. The molecule has 2 rings (SSSR count). The first-order valence-electron chi connectivity index (χ1n) is 5.38. The zero-order valence-electron chi connectivity index (χ0n) is 8.91. The number of alkyl halides is 3. The highest BCUT2D eigenvalue weighted by atomic mass is 19.4. The molecule has 0 radical (unpaired) electrons. The Morgan fingerprint density at radius 3 is 2.41 bits per heavy atom. The van der Waals surface area contributed by atoms with Crippen molar-refractivity contribution in [1.82, 2.24) is 4.90 Å². The first kappa shape index (κ1) is 12.2.